The third-order valence-electron chi connectivity index (χ3n) is 3.37. The Balaban J connectivity index is 2.29. The van der Waals surface area contributed by atoms with Crippen LogP contribution in [0.3, 0.4) is 0 Å². The molecule has 1 saturated heterocycles. The summed E-state index contributed by atoms with van der Waals surface area (Å²) in [6, 6.07) is 0.578. The average molecular weight is 286 g/mol. The van der Waals surface area contributed by atoms with Gasteiger partial charge in [0.1, 0.15) is 16.8 Å². The summed E-state index contributed by atoms with van der Waals surface area (Å²) in [5, 5.41) is 0.598. The Labute approximate surface area is 118 Å². The minimum Gasteiger partial charge on any atom is -0.355 e. The van der Waals surface area contributed by atoms with Gasteiger partial charge in [0.25, 0.3) is 0 Å². The van der Waals surface area contributed by atoms with E-state index in [1.54, 1.807) is 0 Å². The first-order chi connectivity index (χ1) is 8.63. The fourth-order valence-electron chi connectivity index (χ4n) is 2.20. The predicted octanol–water partition coefficient (Wildman–Crippen LogP) is 3.33. The number of hydrogen-bond donors (Lipinski definition) is 0. The summed E-state index contributed by atoms with van der Waals surface area (Å²) >= 11 is 8.23. The molecule has 1 aliphatic rings. The zero-order chi connectivity index (χ0) is 13.1. The number of thioether (sulfide) groups is 1. The monoisotopic (exact) mass is 285 g/mol. The average Bonchev–Trinajstić information content (AvgIpc) is 2.86. The first kappa shape index (κ1) is 13.9. The van der Waals surface area contributed by atoms with E-state index in [1.807, 2.05) is 18.7 Å². The molecule has 1 fully saturated rings. The Bertz CT molecular complexity index is 419. The van der Waals surface area contributed by atoms with Crippen molar-refractivity contribution >= 4 is 29.2 Å². The number of nitrogens with zero attached hydrogens (tertiary/aromatic N) is 3. The minimum atomic E-state index is 0.578. The van der Waals surface area contributed by atoms with Gasteiger partial charge in [-0.1, -0.05) is 18.5 Å². The van der Waals surface area contributed by atoms with Crippen LogP contribution in [-0.4, -0.2) is 34.6 Å². The first-order valence-electron chi connectivity index (χ1n) is 6.47. The van der Waals surface area contributed by atoms with Crippen molar-refractivity contribution in [3.63, 3.8) is 0 Å². The summed E-state index contributed by atoms with van der Waals surface area (Å²) in [4.78, 5) is 11.3. The number of rotatable bonds is 4. The molecule has 1 unspecified atom stereocenters. The van der Waals surface area contributed by atoms with Gasteiger partial charge in [0.05, 0.1) is 0 Å². The summed E-state index contributed by atoms with van der Waals surface area (Å²) < 4.78 is 0. The highest BCUT2D eigenvalue weighted by atomic mass is 35.5. The molecule has 18 heavy (non-hydrogen) atoms. The number of aromatic nitrogens is 2. The first-order valence-corrected chi connectivity index (χ1v) is 8.00. The molecule has 3 nitrogen and oxygen atoms in total. The van der Waals surface area contributed by atoms with Crippen LogP contribution in [0, 0.1) is 6.92 Å². The van der Waals surface area contributed by atoms with Crippen LogP contribution in [0.15, 0.2) is 0 Å². The van der Waals surface area contributed by atoms with E-state index in [1.165, 1.54) is 17.9 Å². The molecule has 0 radical (unpaired) electrons. The lowest BCUT2D eigenvalue weighted by molar-refractivity contribution is 0.683. The Morgan fingerprint density at radius 2 is 2.22 bits per heavy atom. The van der Waals surface area contributed by atoms with Crippen LogP contribution in [0.1, 0.15) is 31.2 Å². The fraction of sp³-hybridized carbons (Fsp3) is 0.692. The molecule has 0 bridgehead atoms. The van der Waals surface area contributed by atoms with Gasteiger partial charge in [-0.05, 0) is 25.5 Å². The smallest absolute Gasteiger partial charge is 0.137 e. The quantitative estimate of drug-likeness (QED) is 0.794. The largest absolute Gasteiger partial charge is 0.355 e. The lowest BCUT2D eigenvalue weighted by atomic mass is 10.2. The Morgan fingerprint density at radius 3 is 2.83 bits per heavy atom. The van der Waals surface area contributed by atoms with Crippen molar-refractivity contribution < 1.29 is 0 Å². The van der Waals surface area contributed by atoms with Gasteiger partial charge in [-0.2, -0.15) is 11.8 Å². The van der Waals surface area contributed by atoms with Crippen molar-refractivity contribution in [1.82, 2.24) is 9.97 Å². The Kier molecular flexibility index (Phi) is 4.73. The molecule has 5 heteroatoms. The fourth-order valence-corrected chi connectivity index (χ4v) is 3.65. The SMILES string of the molecule is CCCc1nc(Cl)c(C)c(N(C)C2CCSC2)n1. The molecular formula is C13H20ClN3S. The van der Waals surface area contributed by atoms with Crippen LogP contribution in [0.4, 0.5) is 5.82 Å². The molecule has 1 aromatic heterocycles. The lowest BCUT2D eigenvalue weighted by Gasteiger charge is -2.26. The predicted molar refractivity (Wildman–Crippen MR) is 79.9 cm³/mol. The van der Waals surface area contributed by atoms with Crippen LogP contribution >= 0.6 is 23.4 Å². The van der Waals surface area contributed by atoms with Crippen molar-refractivity contribution in [1.29, 1.82) is 0 Å². The number of anilines is 1. The molecular weight excluding hydrogens is 266 g/mol. The van der Waals surface area contributed by atoms with Crippen LogP contribution in [0.2, 0.25) is 5.15 Å². The van der Waals surface area contributed by atoms with Crippen LogP contribution in [-0.2, 0) is 6.42 Å². The second-order valence-electron chi connectivity index (χ2n) is 4.76. The molecule has 1 aliphatic heterocycles. The van der Waals surface area contributed by atoms with Crippen LogP contribution < -0.4 is 4.90 Å². The molecule has 0 spiro atoms. The topological polar surface area (TPSA) is 29.0 Å². The van der Waals surface area contributed by atoms with Gasteiger partial charge in [-0.15, -0.1) is 0 Å². The van der Waals surface area contributed by atoms with Crippen molar-refractivity contribution in [3.05, 3.63) is 16.5 Å². The molecule has 0 aliphatic carbocycles. The molecule has 1 atom stereocenters. The second kappa shape index (κ2) is 6.11. The van der Waals surface area contributed by atoms with Gasteiger partial charge in [-0.3, -0.25) is 0 Å². The van der Waals surface area contributed by atoms with Gasteiger partial charge in [0.15, 0.2) is 0 Å². The van der Waals surface area contributed by atoms with Gasteiger partial charge < -0.3 is 4.90 Å². The van der Waals surface area contributed by atoms with Crippen molar-refractivity contribution in [2.75, 3.05) is 23.5 Å². The number of halogens is 1. The van der Waals surface area contributed by atoms with Gasteiger partial charge in [0.2, 0.25) is 0 Å². The Morgan fingerprint density at radius 1 is 1.44 bits per heavy atom. The molecule has 2 rings (SSSR count). The summed E-state index contributed by atoms with van der Waals surface area (Å²) in [7, 11) is 2.12. The number of hydrogen-bond acceptors (Lipinski definition) is 4. The molecule has 0 amide bonds. The summed E-state index contributed by atoms with van der Waals surface area (Å²) in [6.07, 6.45) is 3.16. The van der Waals surface area contributed by atoms with Crippen molar-refractivity contribution in [2.24, 2.45) is 0 Å². The van der Waals surface area contributed by atoms with Crippen LogP contribution in [0.5, 0.6) is 0 Å². The van der Waals surface area contributed by atoms with Crippen molar-refractivity contribution in [3.8, 4) is 0 Å². The van der Waals surface area contributed by atoms with Crippen LogP contribution in [0.25, 0.3) is 0 Å². The zero-order valence-corrected chi connectivity index (χ0v) is 12.8. The normalized spacial score (nSPS) is 19.2. The van der Waals surface area contributed by atoms with E-state index in [-0.39, 0.29) is 0 Å². The van der Waals surface area contributed by atoms with Gasteiger partial charge in [-0.25, -0.2) is 9.97 Å². The second-order valence-corrected chi connectivity index (χ2v) is 6.27. The maximum atomic E-state index is 6.22. The Hall–Kier alpha value is -0.480. The standard InChI is InChI=1S/C13H20ClN3S/c1-4-5-11-15-12(14)9(2)13(16-11)17(3)10-6-7-18-8-10/h10H,4-8H2,1-3H3. The van der Waals surface area contributed by atoms with Crippen molar-refractivity contribution in [2.45, 2.75) is 39.2 Å². The number of aryl methyl sites for hydroxylation is 1. The highest BCUT2D eigenvalue weighted by Gasteiger charge is 2.23. The molecule has 100 valence electrons. The third-order valence-corrected chi connectivity index (χ3v) is 4.88. The molecule has 0 N–H and O–H groups in total. The molecule has 0 saturated carbocycles. The van der Waals surface area contributed by atoms with E-state index in [4.69, 9.17) is 11.6 Å². The molecule has 2 heterocycles. The van der Waals surface area contributed by atoms with E-state index in [9.17, 15) is 0 Å². The highest BCUT2D eigenvalue weighted by molar-refractivity contribution is 7.99. The van der Waals surface area contributed by atoms with E-state index in [2.05, 4.69) is 28.8 Å². The molecule has 0 aromatic carbocycles. The lowest BCUT2D eigenvalue weighted by Crippen LogP contribution is -2.33. The van der Waals surface area contributed by atoms with E-state index in [0.717, 1.165) is 30.0 Å². The van der Waals surface area contributed by atoms with E-state index < -0.39 is 0 Å². The minimum absolute atomic E-state index is 0.578. The van der Waals surface area contributed by atoms with Gasteiger partial charge >= 0.3 is 0 Å². The third kappa shape index (κ3) is 2.91. The zero-order valence-electron chi connectivity index (χ0n) is 11.2. The maximum absolute atomic E-state index is 6.22. The maximum Gasteiger partial charge on any atom is 0.137 e. The molecule has 1 aromatic rings. The summed E-state index contributed by atoms with van der Waals surface area (Å²) in [5.74, 6) is 4.29. The van der Waals surface area contributed by atoms with E-state index >= 15 is 0 Å². The van der Waals surface area contributed by atoms with E-state index in [0.29, 0.717) is 11.2 Å². The summed E-state index contributed by atoms with van der Waals surface area (Å²) in [5.41, 5.74) is 0.996. The highest BCUT2D eigenvalue weighted by Crippen LogP contribution is 2.29. The summed E-state index contributed by atoms with van der Waals surface area (Å²) in [6.45, 7) is 4.14. The van der Waals surface area contributed by atoms with Gasteiger partial charge in [0, 0.05) is 30.8 Å².